The van der Waals surface area contributed by atoms with E-state index in [0.717, 1.165) is 28.3 Å². The van der Waals surface area contributed by atoms with Gasteiger partial charge in [-0.25, -0.2) is 0 Å². The number of hydrogen-bond acceptors (Lipinski definition) is 1. The van der Waals surface area contributed by atoms with Gasteiger partial charge in [0, 0.05) is 5.02 Å². The highest BCUT2D eigenvalue weighted by molar-refractivity contribution is 6.32. The van der Waals surface area contributed by atoms with Crippen LogP contribution in [0.25, 0.3) is 0 Å². The highest BCUT2D eigenvalue weighted by atomic mass is 35.5. The standard InChI is InChI=1S/C15H21ClO/c1-6-7-10(2)8-13-12(4)15(16)11(3)9-14(13)17-5/h6-7,9-10H,8H2,1-5H3/b7-6-. The van der Waals surface area contributed by atoms with Gasteiger partial charge in [0.2, 0.25) is 0 Å². The molecule has 0 aromatic heterocycles. The summed E-state index contributed by atoms with van der Waals surface area (Å²) in [5, 5.41) is 0.855. The first-order valence-corrected chi connectivity index (χ1v) is 6.34. The first-order chi connectivity index (χ1) is 8.01. The summed E-state index contributed by atoms with van der Waals surface area (Å²) in [6.07, 6.45) is 5.24. The van der Waals surface area contributed by atoms with Crippen LogP contribution in [0.5, 0.6) is 5.75 Å². The lowest BCUT2D eigenvalue weighted by Crippen LogP contribution is -2.03. The van der Waals surface area contributed by atoms with E-state index in [-0.39, 0.29) is 0 Å². The SMILES string of the molecule is C/C=C\C(C)Cc1c(OC)cc(C)c(Cl)c1C. The highest BCUT2D eigenvalue weighted by Crippen LogP contribution is 2.33. The van der Waals surface area contributed by atoms with E-state index in [1.165, 1.54) is 5.56 Å². The molecule has 0 spiro atoms. The average molecular weight is 253 g/mol. The monoisotopic (exact) mass is 252 g/mol. The number of aryl methyl sites for hydroxylation is 1. The van der Waals surface area contributed by atoms with Crippen LogP contribution in [0.3, 0.4) is 0 Å². The van der Waals surface area contributed by atoms with Gasteiger partial charge in [0.1, 0.15) is 5.75 Å². The average Bonchev–Trinajstić information content (AvgIpc) is 2.30. The summed E-state index contributed by atoms with van der Waals surface area (Å²) in [5.74, 6) is 1.44. The van der Waals surface area contributed by atoms with E-state index in [0.29, 0.717) is 5.92 Å². The Labute approximate surface area is 109 Å². The third-order valence-electron chi connectivity index (χ3n) is 3.04. The number of methoxy groups -OCH3 is 1. The summed E-state index contributed by atoms with van der Waals surface area (Å²) in [6, 6.07) is 2.02. The first kappa shape index (κ1) is 14.1. The predicted octanol–water partition coefficient (Wildman–Crippen LogP) is 4.72. The van der Waals surface area contributed by atoms with Crippen molar-refractivity contribution < 1.29 is 4.74 Å². The molecule has 0 aliphatic rings. The molecule has 0 saturated heterocycles. The number of benzene rings is 1. The second-order valence-electron chi connectivity index (χ2n) is 4.52. The van der Waals surface area contributed by atoms with Gasteiger partial charge in [-0.1, -0.05) is 30.7 Å². The second-order valence-corrected chi connectivity index (χ2v) is 4.90. The molecule has 17 heavy (non-hydrogen) atoms. The summed E-state index contributed by atoms with van der Waals surface area (Å²) in [4.78, 5) is 0. The van der Waals surface area contributed by atoms with Crippen molar-refractivity contribution in [1.29, 1.82) is 0 Å². The molecule has 94 valence electrons. The molecule has 0 saturated carbocycles. The van der Waals surface area contributed by atoms with Crippen LogP contribution in [0.4, 0.5) is 0 Å². The minimum absolute atomic E-state index is 0.492. The Hall–Kier alpha value is -0.950. The molecule has 0 heterocycles. The summed E-state index contributed by atoms with van der Waals surface area (Å²) in [5.41, 5.74) is 3.43. The molecule has 0 radical (unpaired) electrons. The van der Waals surface area contributed by atoms with E-state index in [9.17, 15) is 0 Å². The van der Waals surface area contributed by atoms with Crippen LogP contribution in [-0.2, 0) is 6.42 Å². The molecule has 1 aromatic rings. The van der Waals surface area contributed by atoms with E-state index < -0.39 is 0 Å². The van der Waals surface area contributed by atoms with Gasteiger partial charge in [-0.2, -0.15) is 0 Å². The number of allylic oxidation sites excluding steroid dienone is 2. The van der Waals surface area contributed by atoms with Gasteiger partial charge >= 0.3 is 0 Å². The Morgan fingerprint density at radius 2 is 2.06 bits per heavy atom. The zero-order chi connectivity index (χ0) is 13.0. The molecule has 1 aromatic carbocycles. The summed E-state index contributed by atoms with van der Waals surface area (Å²) < 4.78 is 5.46. The zero-order valence-corrected chi connectivity index (χ0v) is 12.1. The minimum atomic E-state index is 0.492. The van der Waals surface area contributed by atoms with Gasteiger partial charge in [0.05, 0.1) is 7.11 Å². The molecule has 1 nitrogen and oxygen atoms in total. The lowest BCUT2D eigenvalue weighted by atomic mass is 9.94. The van der Waals surface area contributed by atoms with Crippen LogP contribution in [0.2, 0.25) is 5.02 Å². The fourth-order valence-electron chi connectivity index (χ4n) is 2.11. The molecule has 0 bridgehead atoms. The van der Waals surface area contributed by atoms with Crippen molar-refractivity contribution in [2.24, 2.45) is 5.92 Å². The molecular formula is C15H21ClO. The molecule has 0 fully saturated rings. The Kier molecular flexibility index (Phi) is 5.07. The number of ether oxygens (including phenoxy) is 1. The van der Waals surface area contributed by atoms with E-state index in [1.54, 1.807) is 7.11 Å². The smallest absolute Gasteiger partial charge is 0.122 e. The summed E-state index contributed by atoms with van der Waals surface area (Å²) >= 11 is 6.30. The van der Waals surface area contributed by atoms with Gasteiger partial charge in [0.15, 0.2) is 0 Å². The van der Waals surface area contributed by atoms with Gasteiger partial charge in [-0.05, 0) is 55.9 Å². The second kappa shape index (κ2) is 6.11. The Morgan fingerprint density at radius 1 is 1.41 bits per heavy atom. The molecule has 1 unspecified atom stereocenters. The van der Waals surface area contributed by atoms with E-state index in [1.807, 2.05) is 19.9 Å². The highest BCUT2D eigenvalue weighted by Gasteiger charge is 2.14. The van der Waals surface area contributed by atoms with E-state index in [2.05, 4.69) is 26.0 Å². The van der Waals surface area contributed by atoms with E-state index >= 15 is 0 Å². The molecule has 0 amide bonds. The molecule has 0 aliphatic carbocycles. The van der Waals surface area contributed by atoms with Crippen molar-refractivity contribution in [1.82, 2.24) is 0 Å². The largest absolute Gasteiger partial charge is 0.496 e. The minimum Gasteiger partial charge on any atom is -0.496 e. The van der Waals surface area contributed by atoms with E-state index in [4.69, 9.17) is 16.3 Å². The maximum Gasteiger partial charge on any atom is 0.122 e. The Balaban J connectivity index is 3.17. The van der Waals surface area contributed by atoms with Crippen molar-refractivity contribution in [2.75, 3.05) is 7.11 Å². The normalized spacial score (nSPS) is 13.1. The van der Waals surface area contributed by atoms with Gasteiger partial charge in [0.25, 0.3) is 0 Å². The van der Waals surface area contributed by atoms with Crippen molar-refractivity contribution in [3.63, 3.8) is 0 Å². The molecule has 1 rings (SSSR count). The molecule has 1 atom stereocenters. The fourth-order valence-corrected chi connectivity index (χ4v) is 2.28. The Morgan fingerprint density at radius 3 is 2.59 bits per heavy atom. The van der Waals surface area contributed by atoms with Gasteiger partial charge < -0.3 is 4.74 Å². The molecular weight excluding hydrogens is 232 g/mol. The first-order valence-electron chi connectivity index (χ1n) is 5.96. The third-order valence-corrected chi connectivity index (χ3v) is 3.62. The molecule has 2 heteroatoms. The Bertz CT molecular complexity index is 421. The van der Waals surface area contributed by atoms with Crippen LogP contribution in [0.1, 0.15) is 30.5 Å². The van der Waals surface area contributed by atoms with Gasteiger partial charge in [-0.3, -0.25) is 0 Å². The predicted molar refractivity (Wildman–Crippen MR) is 75.2 cm³/mol. The lowest BCUT2D eigenvalue weighted by molar-refractivity contribution is 0.407. The van der Waals surface area contributed by atoms with Crippen molar-refractivity contribution in [3.8, 4) is 5.75 Å². The molecule has 0 N–H and O–H groups in total. The van der Waals surface area contributed by atoms with Crippen molar-refractivity contribution in [3.05, 3.63) is 39.9 Å². The van der Waals surface area contributed by atoms with Crippen LogP contribution < -0.4 is 4.74 Å². The quantitative estimate of drug-likeness (QED) is 0.705. The lowest BCUT2D eigenvalue weighted by Gasteiger charge is -2.17. The van der Waals surface area contributed by atoms with Crippen LogP contribution in [0, 0.1) is 19.8 Å². The topological polar surface area (TPSA) is 9.23 Å². The number of halogens is 1. The summed E-state index contributed by atoms with van der Waals surface area (Å²) in [6.45, 7) is 8.32. The third kappa shape index (κ3) is 3.26. The fraction of sp³-hybridized carbons (Fsp3) is 0.467. The van der Waals surface area contributed by atoms with Crippen LogP contribution in [0.15, 0.2) is 18.2 Å². The van der Waals surface area contributed by atoms with Gasteiger partial charge in [-0.15, -0.1) is 0 Å². The maximum atomic E-state index is 6.30. The van der Waals surface area contributed by atoms with Crippen molar-refractivity contribution in [2.45, 2.75) is 34.1 Å². The maximum absolute atomic E-state index is 6.30. The van der Waals surface area contributed by atoms with Crippen molar-refractivity contribution >= 4 is 11.6 Å². The zero-order valence-electron chi connectivity index (χ0n) is 11.3. The number of hydrogen-bond donors (Lipinski definition) is 0. The summed E-state index contributed by atoms with van der Waals surface area (Å²) in [7, 11) is 1.71. The van der Waals surface area contributed by atoms with Crippen LogP contribution >= 0.6 is 11.6 Å². The molecule has 0 aliphatic heterocycles. The number of rotatable bonds is 4. The van der Waals surface area contributed by atoms with Crippen LogP contribution in [-0.4, -0.2) is 7.11 Å².